The Labute approximate surface area is 492 Å². The minimum Gasteiger partial charge on any atom is -0.289 e. The summed E-state index contributed by atoms with van der Waals surface area (Å²) in [6.07, 6.45) is 4.91. The fourth-order valence-electron chi connectivity index (χ4n) is 11.7. The number of allylic oxidation sites excluding steroid dienone is 6. The van der Waals surface area contributed by atoms with Gasteiger partial charge in [0.25, 0.3) is 0 Å². The van der Waals surface area contributed by atoms with Crippen molar-refractivity contribution in [2.45, 2.75) is 65.2 Å². The molecule has 12 nitrogen and oxygen atoms in total. The lowest BCUT2D eigenvalue weighted by Crippen LogP contribution is -2.13. The zero-order chi connectivity index (χ0) is 57.6. The van der Waals surface area contributed by atoms with Crippen LogP contribution in [0.5, 0.6) is 0 Å². The molecule has 4 aliphatic rings. The summed E-state index contributed by atoms with van der Waals surface area (Å²) in [6.45, 7) is 13.0. The number of ketones is 2. The largest absolute Gasteiger partial charge is 0.289 e. The van der Waals surface area contributed by atoms with Crippen LogP contribution in [0.25, 0.3) is 84.1 Å². The summed E-state index contributed by atoms with van der Waals surface area (Å²) in [5, 5.41) is 81.5. The van der Waals surface area contributed by atoms with E-state index >= 15 is 0 Å². The van der Waals surface area contributed by atoms with Crippen LogP contribution in [0.4, 0.5) is 0 Å². The minimum absolute atomic E-state index is 0.0373. The monoisotopic (exact) mass is 1160 g/mol. The average Bonchev–Trinajstić information content (AvgIpc) is 2.58. The molecule has 0 amide bonds. The first-order valence-corrected chi connectivity index (χ1v) is 30.3. The van der Waals surface area contributed by atoms with Crippen LogP contribution in [-0.2, 0) is 23.7 Å². The maximum Gasteiger partial charge on any atom is 0.194 e. The number of nitrogens with zero attached hydrogens (tertiary/aromatic N) is 10. The maximum atomic E-state index is 14.2. The molecule has 9 aromatic rings. The van der Waals surface area contributed by atoms with Crippen molar-refractivity contribution >= 4 is 123 Å². The molecule has 6 heterocycles. The number of carbonyl (C=O) groups is 2. The van der Waals surface area contributed by atoms with Gasteiger partial charge in [0.15, 0.2) is 11.6 Å². The number of aryl methyl sites for hydroxylation is 2. The standard InChI is InChI=1S/C64H32N10O2S6/c1-7-47-73-53-51(45-17-43-59(79-45)57-41(63(43,3)4)15-33(77-57)13-39-49(31(23-69)24-70)35-9-27(19-65)29(21-67)11-37(35)55(39)75)62-54(74-48(8-2)82-62)52(61(53)81-47)46-18-44-60(80-46)58-42(64(44,5)6)16-34(78-58)14-40-50(32(25-71)26-72)36-10-28(20-66)30(22-68)12-38(36)56(40)76/h9-18H,7-8H2,1-6H3/b39-13-,40-14-. The van der Waals surface area contributed by atoms with Crippen molar-refractivity contribution in [3.8, 4) is 88.9 Å². The first-order valence-electron chi connectivity index (χ1n) is 25.4. The van der Waals surface area contributed by atoms with Crippen molar-refractivity contribution in [3.05, 3.63) is 157 Å². The molecule has 0 saturated carbocycles. The van der Waals surface area contributed by atoms with Crippen LogP contribution in [-0.4, -0.2) is 21.5 Å². The van der Waals surface area contributed by atoms with E-state index in [1.54, 1.807) is 57.5 Å². The van der Waals surface area contributed by atoms with Gasteiger partial charge in [0, 0.05) is 94.4 Å². The Morgan fingerprint density at radius 2 is 0.793 bits per heavy atom. The van der Waals surface area contributed by atoms with Gasteiger partial charge in [-0.3, -0.25) is 9.59 Å². The SMILES string of the molecule is CCc1nc2c(-c3cc4c(s3)-c3sc(/C=C5\C(=O)c6cc(C#N)c(C#N)cc6C5=C(C#N)C#N)cc3C4(C)C)c3sc(CC)nc3c(-c3cc4c(s3)-c3sc(/C=C5\C(=O)c6cc(C#N)c(C#N)cc6C5=C(C#N)C#N)cc3C4(C)C)c2s1. The predicted octanol–water partition coefficient (Wildman–Crippen LogP) is 15.9. The zero-order valence-electron chi connectivity index (χ0n) is 43.9. The lowest BCUT2D eigenvalue weighted by molar-refractivity contribution is 0.103. The van der Waals surface area contributed by atoms with Gasteiger partial charge < -0.3 is 0 Å². The van der Waals surface area contributed by atoms with Gasteiger partial charge in [-0.15, -0.1) is 68.0 Å². The van der Waals surface area contributed by atoms with Crippen LogP contribution in [0, 0.1) is 90.6 Å². The molecule has 0 radical (unpaired) electrons. The normalized spacial score (nSPS) is 15.4. The van der Waals surface area contributed by atoms with E-state index in [4.69, 9.17) is 9.97 Å². The molecular weight excluding hydrogens is 1130 g/mol. The van der Waals surface area contributed by atoms with Crippen molar-refractivity contribution in [2.75, 3.05) is 0 Å². The second-order valence-corrected chi connectivity index (χ2v) is 27.3. The Balaban J connectivity index is 0.922. The van der Waals surface area contributed by atoms with Crippen LogP contribution in [0.15, 0.2) is 70.8 Å². The van der Waals surface area contributed by atoms with Gasteiger partial charge in [0.05, 0.1) is 52.7 Å². The lowest BCUT2D eigenvalue weighted by Gasteiger charge is -2.19. The van der Waals surface area contributed by atoms with E-state index in [0.29, 0.717) is 0 Å². The Hall–Kier alpha value is -9.54. The number of carbonyl (C=O) groups excluding carboxylic acids is 2. The molecule has 13 rings (SSSR count). The van der Waals surface area contributed by atoms with Gasteiger partial charge in [-0.1, -0.05) is 41.5 Å². The van der Waals surface area contributed by atoms with Crippen LogP contribution < -0.4 is 0 Å². The van der Waals surface area contributed by atoms with E-state index in [-0.39, 0.29) is 77.9 Å². The van der Waals surface area contributed by atoms with Gasteiger partial charge >= 0.3 is 0 Å². The van der Waals surface area contributed by atoms with E-state index in [0.717, 1.165) is 105 Å². The molecule has 0 aliphatic heterocycles. The number of rotatable bonds is 6. The fraction of sp³-hybridized carbons (Fsp3) is 0.156. The number of aromatic nitrogens is 2. The molecule has 4 aliphatic carbocycles. The van der Waals surface area contributed by atoms with Gasteiger partial charge in [-0.05, 0) is 107 Å². The number of nitriles is 8. The third kappa shape index (κ3) is 7.12. The highest BCUT2D eigenvalue weighted by Gasteiger charge is 2.43. The zero-order valence-corrected chi connectivity index (χ0v) is 48.8. The molecule has 386 valence electrons. The van der Waals surface area contributed by atoms with E-state index in [2.05, 4.69) is 65.8 Å². The van der Waals surface area contributed by atoms with Crippen LogP contribution in [0.2, 0.25) is 0 Å². The molecule has 0 N–H and O–H groups in total. The highest BCUT2D eigenvalue weighted by atomic mass is 32.1. The second kappa shape index (κ2) is 18.5. The topological polar surface area (TPSA) is 250 Å². The van der Waals surface area contributed by atoms with Crippen LogP contribution >= 0.6 is 68.0 Å². The second-order valence-electron chi connectivity index (χ2n) is 20.8. The van der Waals surface area contributed by atoms with Crippen LogP contribution in [0.1, 0.15) is 138 Å². The van der Waals surface area contributed by atoms with E-state index in [1.165, 1.54) is 58.1 Å². The fourth-order valence-corrected chi connectivity index (χ4v) is 19.6. The minimum atomic E-state index is -0.447. The summed E-state index contributed by atoms with van der Waals surface area (Å²) >= 11 is 9.86. The number of hydrogen-bond donors (Lipinski definition) is 0. The van der Waals surface area contributed by atoms with Crippen molar-refractivity contribution in [2.24, 2.45) is 0 Å². The molecule has 0 spiro atoms. The lowest BCUT2D eigenvalue weighted by atomic mass is 9.83. The Morgan fingerprint density at radius 1 is 0.463 bits per heavy atom. The highest BCUT2D eigenvalue weighted by Crippen LogP contribution is 2.62. The Morgan fingerprint density at radius 3 is 1.12 bits per heavy atom. The number of benzene rings is 3. The maximum absolute atomic E-state index is 14.2. The van der Waals surface area contributed by atoms with Crippen molar-refractivity contribution in [1.29, 1.82) is 42.1 Å². The quantitative estimate of drug-likeness (QED) is 0.111. The third-order valence-electron chi connectivity index (χ3n) is 15.8. The van der Waals surface area contributed by atoms with Gasteiger partial charge in [-0.25, -0.2) is 9.97 Å². The Kier molecular flexibility index (Phi) is 11.7. The first-order chi connectivity index (χ1) is 39.5. The average molecular weight is 1170 g/mol. The summed E-state index contributed by atoms with van der Waals surface area (Å²) in [5.74, 6) is -0.862. The molecule has 0 fully saturated rings. The summed E-state index contributed by atoms with van der Waals surface area (Å²) in [6, 6.07) is 30.1. The predicted molar refractivity (Wildman–Crippen MR) is 322 cm³/mol. The van der Waals surface area contributed by atoms with Gasteiger partial charge in [-0.2, -0.15) is 42.1 Å². The molecule has 3 aromatic carbocycles. The molecule has 18 heteroatoms. The summed E-state index contributed by atoms with van der Waals surface area (Å²) in [5.41, 5.74) is 8.69. The molecule has 0 unspecified atom stereocenters. The van der Waals surface area contributed by atoms with Gasteiger partial charge in [0.1, 0.15) is 59.7 Å². The van der Waals surface area contributed by atoms with Crippen molar-refractivity contribution < 1.29 is 9.59 Å². The van der Waals surface area contributed by atoms with E-state index < -0.39 is 22.4 Å². The van der Waals surface area contributed by atoms with Crippen LogP contribution in [0.3, 0.4) is 0 Å². The number of thiazole rings is 2. The summed E-state index contributed by atoms with van der Waals surface area (Å²) < 4.78 is 2.10. The highest BCUT2D eigenvalue weighted by molar-refractivity contribution is 7.27. The molecule has 0 saturated heterocycles. The third-order valence-corrected chi connectivity index (χ3v) is 23.0. The Bertz CT molecular complexity index is 4700. The van der Waals surface area contributed by atoms with E-state index in [1.807, 2.05) is 48.6 Å². The molecule has 0 bridgehead atoms. The molecule has 82 heavy (non-hydrogen) atoms. The summed E-state index contributed by atoms with van der Waals surface area (Å²) in [7, 11) is 0. The number of thiophene rings is 4. The summed E-state index contributed by atoms with van der Waals surface area (Å²) in [4.78, 5) is 47.1. The van der Waals surface area contributed by atoms with Crippen molar-refractivity contribution in [3.63, 3.8) is 0 Å². The number of Topliss-reactive ketones (excluding diaryl/α,β-unsaturated/α-hetero) is 2. The van der Waals surface area contributed by atoms with E-state index in [9.17, 15) is 51.7 Å². The molecule has 6 aromatic heterocycles. The smallest absolute Gasteiger partial charge is 0.194 e. The molecule has 0 atom stereocenters. The van der Waals surface area contributed by atoms with Gasteiger partial charge in [0.2, 0.25) is 0 Å². The van der Waals surface area contributed by atoms with Crippen molar-refractivity contribution in [1.82, 2.24) is 9.97 Å². The number of hydrogen-bond acceptors (Lipinski definition) is 18. The number of fused-ring (bicyclic) bond motifs is 10. The first kappa shape index (κ1) is 51.9. The molecular formula is C64H32N10O2S6.